The van der Waals surface area contributed by atoms with E-state index in [0.29, 0.717) is 10.9 Å². The van der Waals surface area contributed by atoms with Crippen LogP contribution in [-0.4, -0.2) is 50.2 Å². The molecule has 2 atom stereocenters. The van der Waals surface area contributed by atoms with E-state index in [9.17, 15) is 4.79 Å². The molecule has 1 saturated heterocycles. The number of aromatic nitrogens is 3. The van der Waals surface area contributed by atoms with Crippen molar-refractivity contribution in [1.82, 2.24) is 25.0 Å². The highest BCUT2D eigenvalue weighted by Crippen LogP contribution is 2.33. The zero-order valence-electron chi connectivity index (χ0n) is 14.3. The van der Waals surface area contributed by atoms with E-state index in [2.05, 4.69) is 27.2 Å². The quantitative estimate of drug-likeness (QED) is 0.923. The molecule has 0 aromatic carbocycles. The molecule has 1 aliphatic heterocycles. The molecule has 2 aliphatic rings. The second kappa shape index (κ2) is 5.97. The van der Waals surface area contributed by atoms with Gasteiger partial charge in [0.05, 0.1) is 11.9 Å². The first-order chi connectivity index (χ1) is 11.5. The number of carbonyl (C=O) groups is 1. The number of aryl methyl sites for hydroxylation is 2. The van der Waals surface area contributed by atoms with Crippen LogP contribution in [0.2, 0.25) is 0 Å². The molecule has 1 aliphatic carbocycles. The first-order valence-corrected chi connectivity index (χ1v) is 9.36. The predicted octanol–water partition coefficient (Wildman–Crippen LogP) is 2.21. The summed E-state index contributed by atoms with van der Waals surface area (Å²) in [6.07, 6.45) is 7.37. The minimum atomic E-state index is 0.00925. The van der Waals surface area contributed by atoms with Crippen molar-refractivity contribution < 1.29 is 4.79 Å². The van der Waals surface area contributed by atoms with Crippen LogP contribution in [0.4, 0.5) is 0 Å². The van der Waals surface area contributed by atoms with Gasteiger partial charge in [-0.2, -0.15) is 5.10 Å². The summed E-state index contributed by atoms with van der Waals surface area (Å²) < 4.78 is 1.75. The van der Waals surface area contributed by atoms with Gasteiger partial charge in [-0.3, -0.25) is 14.4 Å². The van der Waals surface area contributed by atoms with E-state index in [1.165, 1.54) is 24.2 Å². The average molecular weight is 345 g/mol. The normalized spacial score (nSPS) is 24.5. The van der Waals surface area contributed by atoms with E-state index in [4.69, 9.17) is 0 Å². The van der Waals surface area contributed by atoms with E-state index < -0.39 is 0 Å². The van der Waals surface area contributed by atoms with E-state index in [-0.39, 0.29) is 11.9 Å². The number of nitrogens with zero attached hydrogens (tertiary/aromatic N) is 4. The van der Waals surface area contributed by atoms with Gasteiger partial charge in [-0.25, -0.2) is 4.98 Å². The molecule has 1 saturated carbocycles. The van der Waals surface area contributed by atoms with Gasteiger partial charge in [-0.05, 0) is 33.1 Å². The van der Waals surface area contributed by atoms with Crippen molar-refractivity contribution in [3.05, 3.63) is 23.0 Å². The molecule has 0 bridgehead atoms. The smallest absolute Gasteiger partial charge is 0.263 e. The molecule has 128 valence electrons. The molecule has 2 unspecified atom stereocenters. The maximum absolute atomic E-state index is 12.7. The van der Waals surface area contributed by atoms with Crippen LogP contribution in [0.5, 0.6) is 0 Å². The molecular formula is C17H23N5OS. The minimum absolute atomic E-state index is 0.00925. The number of thiazole rings is 1. The predicted molar refractivity (Wildman–Crippen MR) is 94.1 cm³/mol. The molecule has 24 heavy (non-hydrogen) atoms. The summed E-state index contributed by atoms with van der Waals surface area (Å²) in [5.74, 6) is 0.00925. The van der Waals surface area contributed by atoms with Gasteiger partial charge in [0.15, 0.2) is 0 Å². The third-order valence-electron chi connectivity index (χ3n) is 4.93. The van der Waals surface area contributed by atoms with Gasteiger partial charge in [0, 0.05) is 43.5 Å². The largest absolute Gasteiger partial charge is 0.347 e. The van der Waals surface area contributed by atoms with Crippen LogP contribution < -0.4 is 5.32 Å². The lowest BCUT2D eigenvalue weighted by Crippen LogP contribution is -2.37. The van der Waals surface area contributed by atoms with E-state index in [1.807, 2.05) is 20.2 Å². The Kier molecular flexibility index (Phi) is 3.92. The van der Waals surface area contributed by atoms with Crippen molar-refractivity contribution in [3.8, 4) is 10.6 Å². The van der Waals surface area contributed by atoms with Gasteiger partial charge in [0.1, 0.15) is 9.88 Å². The highest BCUT2D eigenvalue weighted by atomic mass is 32.1. The van der Waals surface area contributed by atoms with Crippen LogP contribution >= 0.6 is 11.3 Å². The number of hydrogen-bond donors (Lipinski definition) is 1. The molecule has 0 radical (unpaired) electrons. The molecule has 7 heteroatoms. The number of rotatable bonds is 4. The van der Waals surface area contributed by atoms with Gasteiger partial charge in [0.2, 0.25) is 0 Å². The minimum Gasteiger partial charge on any atom is -0.347 e. The number of amides is 1. The first-order valence-electron chi connectivity index (χ1n) is 8.54. The number of carbonyl (C=O) groups excluding carboxylic acids is 1. The fraction of sp³-hybridized carbons (Fsp3) is 0.588. The Morgan fingerprint density at radius 2 is 2.21 bits per heavy atom. The van der Waals surface area contributed by atoms with Crippen LogP contribution in [0.3, 0.4) is 0 Å². The Hall–Kier alpha value is -1.73. The van der Waals surface area contributed by atoms with E-state index >= 15 is 0 Å². The topological polar surface area (TPSA) is 63.1 Å². The van der Waals surface area contributed by atoms with Crippen molar-refractivity contribution in [2.45, 2.75) is 51.2 Å². The summed E-state index contributed by atoms with van der Waals surface area (Å²) in [6, 6.07) is 1.57. The second-order valence-corrected chi connectivity index (χ2v) is 8.02. The molecular weight excluding hydrogens is 322 g/mol. The summed E-state index contributed by atoms with van der Waals surface area (Å²) in [5, 5.41) is 8.25. The first kappa shape index (κ1) is 15.8. The van der Waals surface area contributed by atoms with Crippen molar-refractivity contribution in [2.75, 3.05) is 6.54 Å². The van der Waals surface area contributed by atoms with Crippen molar-refractivity contribution >= 4 is 17.2 Å². The Balaban J connectivity index is 1.46. The maximum Gasteiger partial charge on any atom is 0.263 e. The Labute approximate surface area is 145 Å². The summed E-state index contributed by atoms with van der Waals surface area (Å²) >= 11 is 1.45. The maximum atomic E-state index is 12.7. The van der Waals surface area contributed by atoms with Crippen LogP contribution in [0, 0.1) is 6.92 Å². The Morgan fingerprint density at radius 1 is 1.42 bits per heavy atom. The number of likely N-dealkylation sites (tertiary alicyclic amines) is 1. The zero-order chi connectivity index (χ0) is 16.8. The van der Waals surface area contributed by atoms with Crippen LogP contribution in [-0.2, 0) is 7.05 Å². The number of nitrogens with one attached hydrogen (secondary N) is 1. The third-order valence-corrected chi connectivity index (χ3v) is 6.13. The molecule has 0 spiro atoms. The van der Waals surface area contributed by atoms with Crippen LogP contribution in [0.1, 0.15) is 41.6 Å². The molecule has 4 rings (SSSR count). The molecule has 1 amide bonds. The van der Waals surface area contributed by atoms with Gasteiger partial charge in [-0.1, -0.05) is 0 Å². The van der Waals surface area contributed by atoms with Gasteiger partial charge in [-0.15, -0.1) is 11.3 Å². The van der Waals surface area contributed by atoms with Gasteiger partial charge in [0.25, 0.3) is 5.91 Å². The highest BCUT2D eigenvalue weighted by molar-refractivity contribution is 7.17. The molecule has 6 nitrogen and oxygen atoms in total. The van der Waals surface area contributed by atoms with Crippen LogP contribution in [0.25, 0.3) is 10.6 Å². The van der Waals surface area contributed by atoms with Gasteiger partial charge >= 0.3 is 0 Å². The third kappa shape index (κ3) is 2.98. The molecule has 2 aromatic heterocycles. The molecule has 3 heterocycles. The van der Waals surface area contributed by atoms with Gasteiger partial charge < -0.3 is 5.32 Å². The van der Waals surface area contributed by atoms with E-state index in [1.54, 1.807) is 10.9 Å². The number of hydrogen-bond acceptors (Lipinski definition) is 5. The standard InChI is InChI=1S/C17H23N5OS/c1-10-6-13(9-22(10)14-4-5-14)20-16(23)15-11(2)19-17(24-15)12-7-18-21(3)8-12/h7-8,10,13-14H,4-6,9H2,1-3H3,(H,20,23). The zero-order valence-corrected chi connectivity index (χ0v) is 15.1. The highest BCUT2D eigenvalue weighted by Gasteiger charge is 2.39. The summed E-state index contributed by atoms with van der Waals surface area (Å²) in [6.45, 7) is 5.15. The summed E-state index contributed by atoms with van der Waals surface area (Å²) in [7, 11) is 1.88. The summed E-state index contributed by atoms with van der Waals surface area (Å²) in [5.41, 5.74) is 1.75. The Morgan fingerprint density at radius 3 is 2.88 bits per heavy atom. The second-order valence-electron chi connectivity index (χ2n) is 7.02. The summed E-state index contributed by atoms with van der Waals surface area (Å²) in [4.78, 5) is 20.5. The Bertz CT molecular complexity index is 763. The lowest BCUT2D eigenvalue weighted by molar-refractivity contribution is 0.0941. The SMILES string of the molecule is Cc1nc(-c2cnn(C)c2)sc1C(=O)NC1CC(C)N(C2CC2)C1. The van der Waals surface area contributed by atoms with Crippen molar-refractivity contribution in [1.29, 1.82) is 0 Å². The lowest BCUT2D eigenvalue weighted by Gasteiger charge is -2.19. The fourth-order valence-corrected chi connectivity index (χ4v) is 4.53. The average Bonchev–Trinajstić information content (AvgIpc) is 2.99. The van der Waals surface area contributed by atoms with E-state index in [0.717, 1.165) is 35.3 Å². The van der Waals surface area contributed by atoms with Crippen molar-refractivity contribution in [2.24, 2.45) is 7.05 Å². The monoisotopic (exact) mass is 345 g/mol. The molecule has 2 aromatic rings. The van der Waals surface area contributed by atoms with Crippen molar-refractivity contribution in [3.63, 3.8) is 0 Å². The molecule has 2 fully saturated rings. The molecule has 1 N–H and O–H groups in total. The lowest BCUT2D eigenvalue weighted by atomic mass is 10.2. The fourth-order valence-electron chi connectivity index (χ4n) is 3.59. The van der Waals surface area contributed by atoms with Crippen LogP contribution in [0.15, 0.2) is 12.4 Å².